The van der Waals surface area contributed by atoms with E-state index in [9.17, 15) is 0 Å². The number of rotatable bonds is 7. The van der Waals surface area contributed by atoms with Gasteiger partial charge >= 0.3 is 0 Å². The first-order valence-electron chi connectivity index (χ1n) is 6.99. The van der Waals surface area contributed by atoms with E-state index in [0.717, 1.165) is 18.7 Å². The predicted molar refractivity (Wildman–Crippen MR) is 82.6 cm³/mol. The lowest BCUT2D eigenvalue weighted by Gasteiger charge is -2.18. The van der Waals surface area contributed by atoms with Gasteiger partial charge in [-0.3, -0.25) is 0 Å². The van der Waals surface area contributed by atoms with Crippen LogP contribution in [0.25, 0.3) is 0 Å². The highest BCUT2D eigenvalue weighted by Crippen LogP contribution is 2.18. The van der Waals surface area contributed by atoms with Crippen molar-refractivity contribution in [3.63, 3.8) is 0 Å². The number of thiazole rings is 1. The Balaban J connectivity index is 1.87. The van der Waals surface area contributed by atoms with Crippen LogP contribution in [0.3, 0.4) is 0 Å². The quantitative estimate of drug-likeness (QED) is 0.821. The molecule has 0 saturated carbocycles. The third-order valence-electron chi connectivity index (χ3n) is 3.18. The molecule has 0 spiro atoms. The zero-order chi connectivity index (χ0) is 13.5. The molecule has 1 aromatic carbocycles. The van der Waals surface area contributed by atoms with Gasteiger partial charge in [-0.05, 0) is 18.9 Å². The Bertz CT molecular complexity index is 479. The van der Waals surface area contributed by atoms with Crippen molar-refractivity contribution in [2.24, 2.45) is 0 Å². The summed E-state index contributed by atoms with van der Waals surface area (Å²) in [4.78, 5) is 4.50. The Kier molecular flexibility index (Phi) is 5.55. The SMILES string of the molecule is CCCC(NCCc1nc(C)cs1)c1ccccc1. The lowest BCUT2D eigenvalue weighted by Crippen LogP contribution is -2.23. The van der Waals surface area contributed by atoms with Crippen molar-refractivity contribution in [1.82, 2.24) is 10.3 Å². The lowest BCUT2D eigenvalue weighted by atomic mass is 10.0. The summed E-state index contributed by atoms with van der Waals surface area (Å²) >= 11 is 1.76. The summed E-state index contributed by atoms with van der Waals surface area (Å²) in [5.41, 5.74) is 2.52. The van der Waals surface area contributed by atoms with Gasteiger partial charge in [0.1, 0.15) is 0 Å². The maximum atomic E-state index is 4.50. The van der Waals surface area contributed by atoms with Gasteiger partial charge in [-0.1, -0.05) is 43.7 Å². The summed E-state index contributed by atoms with van der Waals surface area (Å²) in [6.45, 7) is 5.28. The zero-order valence-electron chi connectivity index (χ0n) is 11.7. The molecule has 1 atom stereocenters. The molecular formula is C16H22N2S. The number of hydrogen-bond acceptors (Lipinski definition) is 3. The van der Waals surface area contributed by atoms with Gasteiger partial charge in [-0.2, -0.15) is 0 Å². The highest BCUT2D eigenvalue weighted by atomic mass is 32.1. The second-order valence-corrected chi connectivity index (χ2v) is 5.78. The normalized spacial score (nSPS) is 12.5. The van der Waals surface area contributed by atoms with Crippen LogP contribution < -0.4 is 5.32 Å². The smallest absolute Gasteiger partial charge is 0.0940 e. The minimum absolute atomic E-state index is 0.465. The van der Waals surface area contributed by atoms with Gasteiger partial charge in [0.05, 0.1) is 5.01 Å². The topological polar surface area (TPSA) is 24.9 Å². The molecule has 0 radical (unpaired) electrons. The van der Waals surface area contributed by atoms with E-state index in [0.29, 0.717) is 6.04 Å². The number of benzene rings is 1. The van der Waals surface area contributed by atoms with Gasteiger partial charge < -0.3 is 5.32 Å². The highest BCUT2D eigenvalue weighted by Gasteiger charge is 2.09. The molecule has 0 saturated heterocycles. The summed E-state index contributed by atoms with van der Waals surface area (Å²) < 4.78 is 0. The Morgan fingerprint density at radius 1 is 1.26 bits per heavy atom. The maximum absolute atomic E-state index is 4.50. The number of hydrogen-bond donors (Lipinski definition) is 1. The number of aryl methyl sites for hydroxylation is 1. The molecule has 2 nitrogen and oxygen atoms in total. The average Bonchev–Trinajstić information content (AvgIpc) is 2.84. The average molecular weight is 274 g/mol. The highest BCUT2D eigenvalue weighted by molar-refractivity contribution is 7.09. The largest absolute Gasteiger partial charge is 0.310 e. The van der Waals surface area contributed by atoms with Crippen molar-refractivity contribution >= 4 is 11.3 Å². The minimum atomic E-state index is 0.465. The predicted octanol–water partition coefficient (Wildman–Crippen LogP) is 4.13. The fourth-order valence-corrected chi connectivity index (χ4v) is 3.01. The Morgan fingerprint density at radius 2 is 2.05 bits per heavy atom. The van der Waals surface area contributed by atoms with E-state index in [4.69, 9.17) is 0 Å². The lowest BCUT2D eigenvalue weighted by molar-refractivity contribution is 0.497. The van der Waals surface area contributed by atoms with Gasteiger partial charge in [-0.15, -0.1) is 11.3 Å². The van der Waals surface area contributed by atoms with Gasteiger partial charge in [0.2, 0.25) is 0 Å². The minimum Gasteiger partial charge on any atom is -0.310 e. The molecule has 3 heteroatoms. The van der Waals surface area contributed by atoms with E-state index in [1.807, 2.05) is 0 Å². The van der Waals surface area contributed by atoms with Crippen LogP contribution in [0.5, 0.6) is 0 Å². The molecule has 0 amide bonds. The van der Waals surface area contributed by atoms with Gasteiger partial charge in [0.25, 0.3) is 0 Å². The molecule has 1 heterocycles. The first kappa shape index (κ1) is 14.2. The summed E-state index contributed by atoms with van der Waals surface area (Å²) in [6, 6.07) is 11.2. The first-order valence-corrected chi connectivity index (χ1v) is 7.87. The van der Waals surface area contributed by atoms with Crippen molar-refractivity contribution in [2.45, 2.75) is 39.2 Å². The molecule has 2 aromatic rings. The van der Waals surface area contributed by atoms with Crippen LogP contribution in [0.4, 0.5) is 0 Å². The molecule has 2 rings (SSSR count). The van der Waals surface area contributed by atoms with Crippen molar-refractivity contribution in [1.29, 1.82) is 0 Å². The molecular weight excluding hydrogens is 252 g/mol. The monoisotopic (exact) mass is 274 g/mol. The van der Waals surface area contributed by atoms with Gasteiger partial charge in [0.15, 0.2) is 0 Å². The third-order valence-corrected chi connectivity index (χ3v) is 4.20. The molecule has 102 valence electrons. The summed E-state index contributed by atoms with van der Waals surface area (Å²) in [6.07, 6.45) is 3.40. The second-order valence-electron chi connectivity index (χ2n) is 4.84. The van der Waals surface area contributed by atoms with E-state index < -0.39 is 0 Å². The van der Waals surface area contributed by atoms with Crippen LogP contribution in [-0.2, 0) is 6.42 Å². The Hall–Kier alpha value is -1.19. The molecule has 1 aromatic heterocycles. The molecule has 0 fully saturated rings. The molecule has 1 N–H and O–H groups in total. The van der Waals surface area contributed by atoms with E-state index >= 15 is 0 Å². The van der Waals surface area contributed by atoms with Crippen molar-refractivity contribution in [3.05, 3.63) is 52.0 Å². The first-order chi connectivity index (χ1) is 9.29. The van der Waals surface area contributed by atoms with Crippen LogP contribution in [0, 0.1) is 6.92 Å². The maximum Gasteiger partial charge on any atom is 0.0940 e. The standard InChI is InChI=1S/C16H22N2S/c1-3-7-15(14-8-5-4-6-9-14)17-11-10-16-18-13(2)12-19-16/h4-6,8-9,12,15,17H,3,7,10-11H2,1-2H3. The number of nitrogens with zero attached hydrogens (tertiary/aromatic N) is 1. The van der Waals surface area contributed by atoms with Gasteiger partial charge in [0, 0.05) is 30.1 Å². The van der Waals surface area contributed by atoms with Crippen LogP contribution in [0.15, 0.2) is 35.7 Å². The van der Waals surface area contributed by atoms with Crippen LogP contribution in [0.1, 0.15) is 42.1 Å². The van der Waals surface area contributed by atoms with Crippen molar-refractivity contribution < 1.29 is 0 Å². The summed E-state index contributed by atoms with van der Waals surface area (Å²) in [5.74, 6) is 0. The van der Waals surface area contributed by atoms with E-state index in [1.165, 1.54) is 23.4 Å². The summed E-state index contributed by atoms with van der Waals surface area (Å²) in [7, 11) is 0. The third kappa shape index (κ3) is 4.44. The molecule has 1 unspecified atom stereocenters. The van der Waals surface area contributed by atoms with Crippen LogP contribution >= 0.6 is 11.3 Å². The Morgan fingerprint density at radius 3 is 2.68 bits per heavy atom. The van der Waals surface area contributed by atoms with Crippen molar-refractivity contribution in [3.8, 4) is 0 Å². The molecule has 0 aliphatic heterocycles. The molecule has 0 aliphatic carbocycles. The zero-order valence-corrected chi connectivity index (χ0v) is 12.5. The molecule has 19 heavy (non-hydrogen) atoms. The Labute approximate surface area is 119 Å². The molecule has 0 aliphatic rings. The van der Waals surface area contributed by atoms with Crippen LogP contribution in [0.2, 0.25) is 0 Å². The number of aromatic nitrogens is 1. The van der Waals surface area contributed by atoms with Crippen molar-refractivity contribution in [2.75, 3.05) is 6.54 Å². The molecule has 0 bridgehead atoms. The van der Waals surface area contributed by atoms with E-state index in [-0.39, 0.29) is 0 Å². The number of nitrogens with one attached hydrogen (secondary N) is 1. The fourth-order valence-electron chi connectivity index (χ4n) is 2.23. The fraction of sp³-hybridized carbons (Fsp3) is 0.438. The van der Waals surface area contributed by atoms with Gasteiger partial charge in [-0.25, -0.2) is 4.98 Å². The summed E-state index contributed by atoms with van der Waals surface area (Å²) in [5, 5.41) is 7.01. The second kappa shape index (κ2) is 7.41. The van der Waals surface area contributed by atoms with E-state index in [1.54, 1.807) is 11.3 Å². The van der Waals surface area contributed by atoms with E-state index in [2.05, 4.69) is 59.9 Å². The van der Waals surface area contributed by atoms with Crippen LogP contribution in [-0.4, -0.2) is 11.5 Å².